The summed E-state index contributed by atoms with van der Waals surface area (Å²) in [4.78, 5) is 33.3. The molecular weight excluding hydrogens is 392 g/mol. The third-order valence-corrected chi connectivity index (χ3v) is 4.75. The van der Waals surface area contributed by atoms with Crippen molar-refractivity contribution >= 4 is 44.8 Å². The maximum Gasteiger partial charge on any atom is 0.262 e. The number of amides is 2. The van der Waals surface area contributed by atoms with Gasteiger partial charge in [-0.05, 0) is 35.0 Å². The van der Waals surface area contributed by atoms with Crippen LogP contribution in [-0.2, 0) is 10.2 Å². The highest BCUT2D eigenvalue weighted by Gasteiger charge is 2.19. The largest absolute Gasteiger partial charge is 0.340 e. The van der Waals surface area contributed by atoms with Gasteiger partial charge in [0.05, 0.1) is 26.7 Å². The maximum atomic E-state index is 12.2. The monoisotopic (exact) mass is 410 g/mol. The van der Waals surface area contributed by atoms with Crippen molar-refractivity contribution in [3.63, 3.8) is 0 Å². The van der Waals surface area contributed by atoms with Crippen LogP contribution in [0.25, 0.3) is 0 Å². The number of aromatic nitrogens is 2. The fraction of sp³-hybridized carbons (Fsp3) is 0.375. The predicted octanol–water partition coefficient (Wildman–Crippen LogP) is 3.36. The Bertz CT molecular complexity index is 737. The van der Waals surface area contributed by atoms with Crippen molar-refractivity contribution in [2.24, 2.45) is 0 Å². The molecule has 24 heavy (non-hydrogen) atoms. The van der Waals surface area contributed by atoms with Gasteiger partial charge in [0.2, 0.25) is 5.91 Å². The van der Waals surface area contributed by atoms with E-state index in [9.17, 15) is 9.59 Å². The maximum absolute atomic E-state index is 12.2. The third-order valence-electron chi connectivity index (χ3n) is 3.13. The highest BCUT2D eigenvalue weighted by molar-refractivity contribution is 9.11. The summed E-state index contributed by atoms with van der Waals surface area (Å²) in [7, 11) is 0. The molecule has 0 aliphatic carbocycles. The number of carbonyl (C=O) groups excluding carboxylic acids is 2. The molecule has 8 heteroatoms. The molecule has 0 bridgehead atoms. The Morgan fingerprint density at radius 2 is 1.83 bits per heavy atom. The van der Waals surface area contributed by atoms with Crippen LogP contribution >= 0.6 is 27.3 Å². The summed E-state index contributed by atoms with van der Waals surface area (Å²) in [5.74, 6) is 0.0869. The first-order valence-electron chi connectivity index (χ1n) is 7.36. The van der Waals surface area contributed by atoms with Crippen LogP contribution in [0.1, 0.15) is 43.2 Å². The van der Waals surface area contributed by atoms with Crippen molar-refractivity contribution in [3.8, 4) is 0 Å². The standard InChI is InChI=1S/C16H19BrN4O2S/c1-9(20-14(23)11-5-6-12(17)24-11)13(22)21-10-7-18-15(19-8-10)16(2,3)4/h5-9H,1-4H3,(H,20,23)(H,21,22). The van der Waals surface area contributed by atoms with Crippen molar-refractivity contribution in [3.05, 3.63) is 39.0 Å². The van der Waals surface area contributed by atoms with Gasteiger partial charge in [0.25, 0.3) is 5.91 Å². The van der Waals surface area contributed by atoms with Gasteiger partial charge in [0.1, 0.15) is 11.9 Å². The first kappa shape index (κ1) is 18.5. The van der Waals surface area contributed by atoms with Crippen molar-refractivity contribution < 1.29 is 9.59 Å². The van der Waals surface area contributed by atoms with Crippen LogP contribution in [-0.4, -0.2) is 27.8 Å². The Morgan fingerprint density at radius 3 is 2.33 bits per heavy atom. The summed E-state index contributed by atoms with van der Waals surface area (Å²) in [6, 6.07) is 2.81. The molecule has 2 aromatic heterocycles. The summed E-state index contributed by atoms with van der Waals surface area (Å²) in [5.41, 5.74) is 0.340. The van der Waals surface area contributed by atoms with Crippen LogP contribution in [0.5, 0.6) is 0 Å². The Labute approximate surface area is 153 Å². The molecule has 1 unspecified atom stereocenters. The first-order valence-corrected chi connectivity index (χ1v) is 8.97. The van der Waals surface area contributed by atoms with Gasteiger partial charge in [0.15, 0.2) is 0 Å². The minimum Gasteiger partial charge on any atom is -0.340 e. The fourth-order valence-corrected chi connectivity index (χ4v) is 3.09. The van der Waals surface area contributed by atoms with E-state index in [4.69, 9.17) is 0 Å². The summed E-state index contributed by atoms with van der Waals surface area (Å²) in [5, 5.41) is 5.36. The first-order chi connectivity index (χ1) is 11.2. The van der Waals surface area contributed by atoms with Gasteiger partial charge in [-0.25, -0.2) is 9.97 Å². The number of halogens is 1. The molecule has 1 atom stereocenters. The summed E-state index contributed by atoms with van der Waals surface area (Å²) in [6.07, 6.45) is 3.13. The zero-order chi connectivity index (χ0) is 17.9. The molecule has 0 aliphatic rings. The van der Waals surface area contributed by atoms with E-state index in [0.29, 0.717) is 16.4 Å². The van der Waals surface area contributed by atoms with E-state index >= 15 is 0 Å². The Kier molecular flexibility index (Phi) is 5.71. The van der Waals surface area contributed by atoms with Gasteiger partial charge in [0, 0.05) is 5.41 Å². The third kappa shape index (κ3) is 4.85. The normalized spacial score (nSPS) is 12.5. The highest BCUT2D eigenvalue weighted by atomic mass is 79.9. The number of hydrogen-bond donors (Lipinski definition) is 2. The molecule has 0 aliphatic heterocycles. The lowest BCUT2D eigenvalue weighted by Gasteiger charge is -2.17. The van der Waals surface area contributed by atoms with Crippen molar-refractivity contribution in [1.82, 2.24) is 15.3 Å². The van der Waals surface area contributed by atoms with Gasteiger partial charge in [-0.15, -0.1) is 11.3 Å². The Hall–Kier alpha value is -1.80. The van der Waals surface area contributed by atoms with Gasteiger partial charge < -0.3 is 10.6 Å². The number of carbonyl (C=O) groups is 2. The summed E-state index contributed by atoms with van der Waals surface area (Å²) in [6.45, 7) is 7.67. The van der Waals surface area contributed by atoms with Crippen LogP contribution < -0.4 is 10.6 Å². The van der Waals surface area contributed by atoms with E-state index in [1.807, 2.05) is 20.8 Å². The summed E-state index contributed by atoms with van der Waals surface area (Å²) < 4.78 is 0.862. The van der Waals surface area contributed by atoms with E-state index in [0.717, 1.165) is 3.79 Å². The van der Waals surface area contributed by atoms with Gasteiger partial charge >= 0.3 is 0 Å². The molecule has 2 amide bonds. The minimum atomic E-state index is -0.680. The van der Waals surface area contributed by atoms with Crippen LogP contribution in [0, 0.1) is 0 Å². The van der Waals surface area contributed by atoms with E-state index < -0.39 is 6.04 Å². The molecule has 0 radical (unpaired) electrons. The minimum absolute atomic E-state index is 0.154. The number of nitrogens with one attached hydrogen (secondary N) is 2. The predicted molar refractivity (Wildman–Crippen MR) is 98.3 cm³/mol. The molecular formula is C16H19BrN4O2S. The number of anilines is 1. The van der Waals surface area contributed by atoms with E-state index in [1.54, 1.807) is 31.5 Å². The number of thiophene rings is 1. The van der Waals surface area contributed by atoms with Crippen LogP contribution in [0.2, 0.25) is 0 Å². The lowest BCUT2D eigenvalue weighted by molar-refractivity contribution is -0.117. The average molecular weight is 411 g/mol. The molecule has 0 saturated carbocycles. The quantitative estimate of drug-likeness (QED) is 0.808. The van der Waals surface area contributed by atoms with Crippen LogP contribution in [0.15, 0.2) is 28.3 Å². The van der Waals surface area contributed by atoms with Crippen molar-refractivity contribution in [2.45, 2.75) is 39.2 Å². The van der Waals surface area contributed by atoms with E-state index in [-0.39, 0.29) is 17.2 Å². The molecule has 6 nitrogen and oxygen atoms in total. The second-order valence-electron chi connectivity index (χ2n) is 6.33. The molecule has 0 saturated heterocycles. The van der Waals surface area contributed by atoms with Crippen molar-refractivity contribution in [2.75, 3.05) is 5.32 Å². The zero-order valence-electron chi connectivity index (χ0n) is 13.9. The number of hydrogen-bond acceptors (Lipinski definition) is 5. The molecule has 2 rings (SSSR count). The van der Waals surface area contributed by atoms with Crippen LogP contribution in [0.3, 0.4) is 0 Å². The molecule has 2 N–H and O–H groups in total. The molecule has 0 fully saturated rings. The van der Waals surface area contributed by atoms with E-state index in [2.05, 4.69) is 36.5 Å². The Balaban J connectivity index is 1.95. The molecule has 2 heterocycles. The SMILES string of the molecule is CC(NC(=O)c1ccc(Br)s1)C(=O)Nc1cnc(C(C)(C)C)nc1. The zero-order valence-corrected chi connectivity index (χ0v) is 16.3. The summed E-state index contributed by atoms with van der Waals surface area (Å²) >= 11 is 4.62. The second kappa shape index (κ2) is 7.40. The second-order valence-corrected chi connectivity index (χ2v) is 8.80. The lowest BCUT2D eigenvalue weighted by atomic mass is 9.96. The number of rotatable bonds is 4. The van der Waals surface area contributed by atoms with Gasteiger partial charge in [-0.3, -0.25) is 9.59 Å². The topological polar surface area (TPSA) is 84.0 Å². The fourth-order valence-electron chi connectivity index (χ4n) is 1.80. The van der Waals surface area contributed by atoms with Gasteiger partial charge in [-0.1, -0.05) is 20.8 Å². The molecule has 0 aromatic carbocycles. The average Bonchev–Trinajstić information content (AvgIpc) is 2.93. The lowest BCUT2D eigenvalue weighted by Crippen LogP contribution is -2.41. The van der Waals surface area contributed by atoms with Gasteiger partial charge in [-0.2, -0.15) is 0 Å². The highest BCUT2D eigenvalue weighted by Crippen LogP contribution is 2.22. The van der Waals surface area contributed by atoms with Crippen LogP contribution in [0.4, 0.5) is 5.69 Å². The molecule has 128 valence electrons. The Morgan fingerprint density at radius 1 is 1.21 bits per heavy atom. The molecule has 0 spiro atoms. The smallest absolute Gasteiger partial charge is 0.262 e. The van der Waals surface area contributed by atoms with Crippen molar-refractivity contribution in [1.29, 1.82) is 0 Å². The van der Waals surface area contributed by atoms with E-state index in [1.165, 1.54) is 11.3 Å². The number of nitrogens with zero attached hydrogens (tertiary/aromatic N) is 2. The molecule has 2 aromatic rings.